The van der Waals surface area contributed by atoms with Crippen molar-refractivity contribution in [2.24, 2.45) is 4.99 Å². The zero-order valence-electron chi connectivity index (χ0n) is 22.0. The molecule has 2 N–H and O–H groups in total. The average molecular weight is 539 g/mol. The number of ether oxygens (including phenoxy) is 2. The van der Waals surface area contributed by atoms with Crippen molar-refractivity contribution in [3.63, 3.8) is 0 Å². The number of hydrogen-bond acceptors (Lipinski definition) is 5. The fourth-order valence-corrected chi connectivity index (χ4v) is 4.75. The molecule has 0 saturated heterocycles. The van der Waals surface area contributed by atoms with Crippen molar-refractivity contribution in [3.8, 4) is 5.75 Å². The van der Waals surface area contributed by atoms with Gasteiger partial charge in [-0.05, 0) is 53.1 Å². The van der Waals surface area contributed by atoms with Gasteiger partial charge in [-0.2, -0.15) is 0 Å². The SMILES string of the molecule is O=C(NCc1ccc(F)cc1)[C@]1(Cc2ccccc2)N=C(c2ccc(OCCCO)cc2)O[C@@H]1c1ccccc1. The van der Waals surface area contributed by atoms with E-state index in [4.69, 9.17) is 19.6 Å². The van der Waals surface area contributed by atoms with Gasteiger partial charge in [0.25, 0.3) is 5.91 Å². The van der Waals surface area contributed by atoms with Crippen molar-refractivity contribution in [2.75, 3.05) is 13.2 Å². The first-order valence-corrected chi connectivity index (χ1v) is 13.3. The molecule has 4 aromatic rings. The second kappa shape index (κ2) is 12.6. The highest BCUT2D eigenvalue weighted by molar-refractivity contribution is 6.01. The number of benzene rings is 4. The summed E-state index contributed by atoms with van der Waals surface area (Å²) in [5.74, 6) is 0.420. The molecule has 0 aromatic heterocycles. The Bertz CT molecular complexity index is 1430. The van der Waals surface area contributed by atoms with E-state index in [0.717, 1.165) is 22.3 Å². The molecule has 1 heterocycles. The van der Waals surface area contributed by atoms with E-state index in [9.17, 15) is 9.18 Å². The first kappa shape index (κ1) is 27.1. The Morgan fingerprint density at radius 3 is 2.25 bits per heavy atom. The Morgan fingerprint density at radius 2 is 1.57 bits per heavy atom. The van der Waals surface area contributed by atoms with E-state index < -0.39 is 11.6 Å². The van der Waals surface area contributed by atoms with Crippen LogP contribution >= 0.6 is 0 Å². The monoisotopic (exact) mass is 538 g/mol. The Morgan fingerprint density at radius 1 is 0.900 bits per heavy atom. The predicted octanol–water partition coefficient (Wildman–Crippen LogP) is 5.40. The van der Waals surface area contributed by atoms with Gasteiger partial charge in [0.1, 0.15) is 11.6 Å². The second-order valence-corrected chi connectivity index (χ2v) is 9.67. The number of nitrogens with one attached hydrogen (secondary N) is 1. The van der Waals surface area contributed by atoms with Crippen molar-refractivity contribution in [2.45, 2.75) is 31.0 Å². The topological polar surface area (TPSA) is 80.2 Å². The first-order valence-electron chi connectivity index (χ1n) is 13.3. The number of amides is 1. The number of rotatable bonds is 11. The molecule has 0 bridgehead atoms. The summed E-state index contributed by atoms with van der Waals surface area (Å²) in [6.45, 7) is 0.704. The molecule has 0 spiro atoms. The Balaban J connectivity index is 1.52. The maximum atomic E-state index is 14.2. The summed E-state index contributed by atoms with van der Waals surface area (Å²) in [5, 5.41) is 12.0. The molecule has 7 heteroatoms. The lowest BCUT2D eigenvalue weighted by molar-refractivity contribution is -0.129. The van der Waals surface area contributed by atoms with Gasteiger partial charge in [0.15, 0.2) is 11.6 Å². The largest absolute Gasteiger partial charge is 0.494 e. The third kappa shape index (κ3) is 6.21. The minimum absolute atomic E-state index is 0.0658. The average Bonchev–Trinajstić information content (AvgIpc) is 3.38. The summed E-state index contributed by atoms with van der Waals surface area (Å²) >= 11 is 0. The van der Waals surface area contributed by atoms with E-state index >= 15 is 0 Å². The van der Waals surface area contributed by atoms with Crippen LogP contribution in [0.4, 0.5) is 4.39 Å². The van der Waals surface area contributed by atoms with E-state index in [1.54, 1.807) is 12.1 Å². The second-order valence-electron chi connectivity index (χ2n) is 9.67. The fraction of sp³-hybridized carbons (Fsp3) is 0.212. The highest BCUT2D eigenvalue weighted by atomic mass is 19.1. The van der Waals surface area contributed by atoms with E-state index in [0.29, 0.717) is 31.1 Å². The van der Waals surface area contributed by atoms with Gasteiger partial charge < -0.3 is 19.9 Å². The molecule has 0 unspecified atom stereocenters. The predicted molar refractivity (Wildman–Crippen MR) is 152 cm³/mol. The molecular weight excluding hydrogens is 507 g/mol. The Hall–Kier alpha value is -4.49. The fourth-order valence-electron chi connectivity index (χ4n) is 4.75. The van der Waals surface area contributed by atoms with Crippen LogP contribution in [-0.2, 0) is 22.5 Å². The summed E-state index contributed by atoms with van der Waals surface area (Å²) in [7, 11) is 0. The summed E-state index contributed by atoms with van der Waals surface area (Å²) in [5.41, 5.74) is 1.98. The van der Waals surface area contributed by atoms with Gasteiger partial charge >= 0.3 is 0 Å². The van der Waals surface area contributed by atoms with E-state index in [1.165, 1.54) is 12.1 Å². The van der Waals surface area contributed by atoms with E-state index in [-0.39, 0.29) is 24.9 Å². The van der Waals surface area contributed by atoms with Crippen LogP contribution in [0.1, 0.15) is 34.8 Å². The van der Waals surface area contributed by atoms with Crippen LogP contribution in [0.3, 0.4) is 0 Å². The number of carbonyl (C=O) groups is 1. The molecule has 2 atom stereocenters. The molecule has 1 aliphatic rings. The molecule has 0 saturated carbocycles. The van der Waals surface area contributed by atoms with Crippen molar-refractivity contribution in [3.05, 3.63) is 137 Å². The molecule has 0 aliphatic carbocycles. The zero-order chi connectivity index (χ0) is 27.8. The molecule has 4 aromatic carbocycles. The molecule has 204 valence electrons. The summed E-state index contributed by atoms with van der Waals surface area (Å²) in [6, 6.07) is 32.8. The quantitative estimate of drug-likeness (QED) is 0.251. The lowest BCUT2D eigenvalue weighted by Crippen LogP contribution is -2.49. The normalized spacial score (nSPS) is 18.1. The van der Waals surface area contributed by atoms with Gasteiger partial charge in [-0.1, -0.05) is 72.8 Å². The Kier molecular flexibility index (Phi) is 8.52. The molecule has 0 fully saturated rings. The van der Waals surface area contributed by atoms with Crippen LogP contribution in [0.2, 0.25) is 0 Å². The highest BCUT2D eigenvalue weighted by Gasteiger charge is 2.53. The van der Waals surface area contributed by atoms with Crippen LogP contribution in [0.15, 0.2) is 114 Å². The van der Waals surface area contributed by atoms with Crippen LogP contribution in [-0.4, -0.2) is 35.7 Å². The molecule has 40 heavy (non-hydrogen) atoms. The van der Waals surface area contributed by atoms with Gasteiger partial charge in [0.05, 0.1) is 6.61 Å². The zero-order valence-corrected chi connectivity index (χ0v) is 22.0. The third-order valence-corrected chi connectivity index (χ3v) is 6.82. The molecule has 6 nitrogen and oxygen atoms in total. The maximum Gasteiger partial charge on any atom is 0.252 e. The van der Waals surface area contributed by atoms with E-state index in [1.807, 2.05) is 84.9 Å². The van der Waals surface area contributed by atoms with Crippen molar-refractivity contribution in [1.29, 1.82) is 0 Å². The number of halogens is 1. The molecule has 0 radical (unpaired) electrons. The van der Waals surface area contributed by atoms with Gasteiger partial charge in [-0.25, -0.2) is 9.38 Å². The van der Waals surface area contributed by atoms with Gasteiger partial charge in [-0.3, -0.25) is 4.79 Å². The van der Waals surface area contributed by atoms with Crippen molar-refractivity contribution < 1.29 is 23.8 Å². The van der Waals surface area contributed by atoms with Crippen LogP contribution < -0.4 is 10.1 Å². The van der Waals surface area contributed by atoms with Gasteiger partial charge in [-0.15, -0.1) is 0 Å². The Labute approximate surface area is 233 Å². The van der Waals surface area contributed by atoms with Crippen LogP contribution in [0.25, 0.3) is 0 Å². The minimum atomic E-state index is -1.30. The number of carbonyl (C=O) groups excluding carboxylic acids is 1. The minimum Gasteiger partial charge on any atom is -0.494 e. The smallest absolute Gasteiger partial charge is 0.252 e. The highest BCUT2D eigenvalue weighted by Crippen LogP contribution is 2.42. The maximum absolute atomic E-state index is 14.2. The standard InChI is InChI=1S/C33H31FN2O4/c34-28-16-12-25(13-17-28)23-35-32(38)33(22-24-8-3-1-4-9-24)30(26-10-5-2-6-11-26)40-31(36-33)27-14-18-29(19-15-27)39-21-7-20-37/h1-6,8-19,30,37H,7,20-23H2,(H,35,38)/t30-,33-/m1/s1. The van der Waals surface area contributed by atoms with Crippen LogP contribution in [0.5, 0.6) is 5.75 Å². The third-order valence-electron chi connectivity index (χ3n) is 6.82. The summed E-state index contributed by atoms with van der Waals surface area (Å²) in [4.78, 5) is 19.2. The number of aliphatic hydroxyl groups is 1. The van der Waals surface area contributed by atoms with Crippen LogP contribution in [0, 0.1) is 5.82 Å². The lowest BCUT2D eigenvalue weighted by atomic mass is 9.82. The molecular formula is C33H31FN2O4. The summed E-state index contributed by atoms with van der Waals surface area (Å²) in [6.07, 6.45) is 0.178. The molecule has 1 aliphatic heterocycles. The number of nitrogens with zero attached hydrogens (tertiary/aromatic N) is 1. The lowest BCUT2D eigenvalue weighted by Gasteiger charge is -2.31. The van der Waals surface area contributed by atoms with E-state index in [2.05, 4.69) is 5.32 Å². The first-order chi connectivity index (χ1) is 19.6. The van der Waals surface area contributed by atoms with Crippen molar-refractivity contribution in [1.82, 2.24) is 5.32 Å². The molecule has 5 rings (SSSR count). The van der Waals surface area contributed by atoms with Crippen molar-refractivity contribution >= 4 is 11.8 Å². The van der Waals surface area contributed by atoms with Gasteiger partial charge in [0, 0.05) is 31.6 Å². The number of aliphatic imine (C=N–C) groups is 1. The number of hydrogen-bond donors (Lipinski definition) is 2. The molecule has 1 amide bonds. The van der Waals surface area contributed by atoms with Gasteiger partial charge in [0.2, 0.25) is 5.90 Å². The number of aliphatic hydroxyl groups excluding tert-OH is 1. The summed E-state index contributed by atoms with van der Waals surface area (Å²) < 4.78 is 25.6.